The smallest absolute Gasteiger partial charge is 0.344 e. The van der Waals surface area contributed by atoms with E-state index in [1.807, 2.05) is 73.7 Å². The van der Waals surface area contributed by atoms with Crippen LogP contribution in [0.25, 0.3) is 21.9 Å². The quantitative estimate of drug-likeness (QED) is 0.358. The highest BCUT2D eigenvalue weighted by Gasteiger charge is 2.15. The summed E-state index contributed by atoms with van der Waals surface area (Å²) in [6.07, 6.45) is 0. The lowest BCUT2D eigenvalue weighted by atomic mass is 9.96. The van der Waals surface area contributed by atoms with E-state index in [-0.39, 0.29) is 12.5 Å². The number of hydrogen-bond acceptors (Lipinski definition) is 4. The Hall–Kier alpha value is -4.12. The van der Waals surface area contributed by atoms with Gasteiger partial charge >= 0.3 is 5.97 Å². The van der Waals surface area contributed by atoms with E-state index >= 15 is 0 Å². The third-order valence-electron chi connectivity index (χ3n) is 5.33. The first-order valence-electron chi connectivity index (χ1n) is 10.8. The second-order valence-corrected chi connectivity index (χ2v) is 7.64. The highest BCUT2D eigenvalue weighted by molar-refractivity contribution is 6.14. The van der Waals surface area contributed by atoms with Crippen molar-refractivity contribution in [1.29, 1.82) is 0 Å². The van der Waals surface area contributed by atoms with Crippen molar-refractivity contribution in [2.75, 3.05) is 18.5 Å². The summed E-state index contributed by atoms with van der Waals surface area (Å²) in [6, 6.07) is 27.2. The Kier molecular flexibility index (Phi) is 6.69. The molecule has 1 N–H and O–H groups in total. The van der Waals surface area contributed by atoms with Gasteiger partial charge in [-0.05, 0) is 59.5 Å². The van der Waals surface area contributed by atoms with E-state index in [2.05, 4.69) is 11.4 Å². The molecule has 166 valence electrons. The van der Waals surface area contributed by atoms with Gasteiger partial charge in [0.2, 0.25) is 0 Å². The van der Waals surface area contributed by atoms with Crippen molar-refractivity contribution in [3.63, 3.8) is 0 Å². The van der Waals surface area contributed by atoms with Crippen LogP contribution in [0, 0.1) is 6.92 Å². The number of nitrogens with one attached hydrogen (secondary N) is 1. The SMILES string of the molecule is CCOC(=O)COc1ccc(C)c(NC(=O)c2cc(-c3ccccc3)cc3ccccc23)c1. The average Bonchev–Trinajstić information content (AvgIpc) is 2.84. The van der Waals surface area contributed by atoms with E-state index in [0.717, 1.165) is 27.5 Å². The summed E-state index contributed by atoms with van der Waals surface area (Å²) >= 11 is 0. The molecule has 0 fully saturated rings. The van der Waals surface area contributed by atoms with Gasteiger partial charge in [0.1, 0.15) is 5.75 Å². The first-order chi connectivity index (χ1) is 16.0. The zero-order chi connectivity index (χ0) is 23.2. The number of rotatable bonds is 7. The Morgan fingerprint density at radius 2 is 1.61 bits per heavy atom. The van der Waals surface area contributed by atoms with Crippen molar-refractivity contribution in [2.45, 2.75) is 13.8 Å². The molecule has 0 bridgehead atoms. The number of aryl methyl sites for hydroxylation is 1. The summed E-state index contributed by atoms with van der Waals surface area (Å²) in [7, 11) is 0. The minimum Gasteiger partial charge on any atom is -0.482 e. The molecule has 0 radical (unpaired) electrons. The molecule has 0 saturated carbocycles. The molecule has 0 heterocycles. The van der Waals surface area contributed by atoms with Gasteiger partial charge in [0.25, 0.3) is 5.91 Å². The maximum Gasteiger partial charge on any atom is 0.344 e. The highest BCUT2D eigenvalue weighted by Crippen LogP contribution is 2.29. The van der Waals surface area contributed by atoms with Crippen LogP contribution in [0.3, 0.4) is 0 Å². The number of amides is 1. The summed E-state index contributed by atoms with van der Waals surface area (Å²) in [6.45, 7) is 3.76. The van der Waals surface area contributed by atoms with E-state index in [0.29, 0.717) is 23.6 Å². The molecule has 0 aliphatic carbocycles. The molecule has 0 saturated heterocycles. The Labute approximate surface area is 193 Å². The number of benzene rings is 4. The second-order valence-electron chi connectivity index (χ2n) is 7.64. The molecule has 4 aromatic rings. The molecule has 4 aromatic carbocycles. The Morgan fingerprint density at radius 1 is 0.848 bits per heavy atom. The minimum absolute atomic E-state index is 0.186. The van der Waals surface area contributed by atoms with Gasteiger partial charge in [-0.3, -0.25) is 4.79 Å². The molecule has 0 atom stereocenters. The third kappa shape index (κ3) is 5.21. The summed E-state index contributed by atoms with van der Waals surface area (Å²) in [5.74, 6) is -0.172. The number of ether oxygens (including phenoxy) is 2. The molecule has 0 aromatic heterocycles. The fraction of sp³-hybridized carbons (Fsp3) is 0.143. The molecule has 33 heavy (non-hydrogen) atoms. The van der Waals surface area contributed by atoms with Gasteiger partial charge in [-0.1, -0.05) is 60.7 Å². The van der Waals surface area contributed by atoms with E-state index in [1.165, 1.54) is 0 Å². The summed E-state index contributed by atoms with van der Waals surface area (Å²) in [4.78, 5) is 25.0. The van der Waals surface area contributed by atoms with Crippen LogP contribution in [0.4, 0.5) is 5.69 Å². The van der Waals surface area contributed by atoms with Gasteiger partial charge in [0, 0.05) is 17.3 Å². The molecule has 0 aliphatic rings. The lowest BCUT2D eigenvalue weighted by Crippen LogP contribution is -2.15. The molecule has 1 amide bonds. The van der Waals surface area contributed by atoms with Gasteiger partial charge in [0.05, 0.1) is 6.61 Å². The maximum absolute atomic E-state index is 13.4. The predicted octanol–water partition coefficient (Wildman–Crippen LogP) is 6.01. The molecule has 0 unspecified atom stereocenters. The fourth-order valence-corrected chi connectivity index (χ4v) is 3.66. The first-order valence-corrected chi connectivity index (χ1v) is 10.8. The van der Waals surface area contributed by atoms with E-state index < -0.39 is 5.97 Å². The normalized spacial score (nSPS) is 10.6. The zero-order valence-electron chi connectivity index (χ0n) is 18.6. The lowest BCUT2D eigenvalue weighted by molar-refractivity contribution is -0.145. The first kappa shape index (κ1) is 22.1. The Balaban J connectivity index is 1.64. The van der Waals surface area contributed by atoms with Crippen LogP contribution in [-0.4, -0.2) is 25.1 Å². The Morgan fingerprint density at radius 3 is 2.39 bits per heavy atom. The fourth-order valence-electron chi connectivity index (χ4n) is 3.66. The summed E-state index contributed by atoms with van der Waals surface area (Å²) in [5.41, 5.74) is 4.11. The number of anilines is 1. The van der Waals surface area contributed by atoms with Crippen molar-refractivity contribution in [2.24, 2.45) is 0 Å². The largest absolute Gasteiger partial charge is 0.482 e. The topological polar surface area (TPSA) is 64.6 Å². The predicted molar refractivity (Wildman–Crippen MR) is 131 cm³/mol. The third-order valence-corrected chi connectivity index (χ3v) is 5.33. The van der Waals surface area contributed by atoms with Crippen molar-refractivity contribution in [3.05, 3.63) is 96.1 Å². The molecule has 0 aliphatic heterocycles. The summed E-state index contributed by atoms with van der Waals surface area (Å²) < 4.78 is 10.4. The van der Waals surface area contributed by atoms with Crippen LogP contribution in [0.1, 0.15) is 22.8 Å². The lowest BCUT2D eigenvalue weighted by Gasteiger charge is -2.14. The van der Waals surface area contributed by atoms with Crippen LogP contribution in [0.5, 0.6) is 5.75 Å². The van der Waals surface area contributed by atoms with Crippen LogP contribution < -0.4 is 10.1 Å². The van der Waals surface area contributed by atoms with E-state index in [4.69, 9.17) is 9.47 Å². The van der Waals surface area contributed by atoms with Crippen molar-refractivity contribution in [3.8, 4) is 16.9 Å². The van der Waals surface area contributed by atoms with Crippen LogP contribution in [0.2, 0.25) is 0 Å². The number of fused-ring (bicyclic) bond motifs is 1. The average molecular weight is 440 g/mol. The molecule has 5 nitrogen and oxygen atoms in total. The molecular weight excluding hydrogens is 414 g/mol. The highest BCUT2D eigenvalue weighted by atomic mass is 16.6. The van der Waals surface area contributed by atoms with Crippen molar-refractivity contribution < 1.29 is 19.1 Å². The van der Waals surface area contributed by atoms with Gasteiger partial charge in [-0.2, -0.15) is 0 Å². The Bertz CT molecular complexity index is 1300. The van der Waals surface area contributed by atoms with Gasteiger partial charge in [0.15, 0.2) is 6.61 Å². The second kappa shape index (κ2) is 10.0. The number of esters is 1. The number of carbonyl (C=O) groups excluding carboxylic acids is 2. The van der Waals surface area contributed by atoms with Crippen LogP contribution in [0.15, 0.2) is 84.9 Å². The standard InChI is InChI=1S/C28H25NO4/c1-3-32-27(30)18-33-23-14-13-19(2)26(17-23)29-28(31)25-16-22(20-9-5-4-6-10-20)15-21-11-7-8-12-24(21)25/h4-17H,3,18H2,1-2H3,(H,29,31). The summed E-state index contributed by atoms with van der Waals surface area (Å²) in [5, 5.41) is 4.89. The van der Waals surface area contributed by atoms with Crippen molar-refractivity contribution in [1.82, 2.24) is 0 Å². The molecular formula is C28H25NO4. The van der Waals surface area contributed by atoms with Crippen LogP contribution >= 0.6 is 0 Å². The van der Waals surface area contributed by atoms with Gasteiger partial charge in [-0.15, -0.1) is 0 Å². The van der Waals surface area contributed by atoms with E-state index in [1.54, 1.807) is 19.1 Å². The molecule has 4 rings (SSSR count). The van der Waals surface area contributed by atoms with Crippen LogP contribution in [-0.2, 0) is 9.53 Å². The molecule has 5 heteroatoms. The van der Waals surface area contributed by atoms with Gasteiger partial charge < -0.3 is 14.8 Å². The number of hydrogen-bond donors (Lipinski definition) is 1. The van der Waals surface area contributed by atoms with E-state index in [9.17, 15) is 9.59 Å². The number of carbonyl (C=O) groups is 2. The molecule has 0 spiro atoms. The minimum atomic E-state index is -0.437. The zero-order valence-corrected chi connectivity index (χ0v) is 18.6. The van der Waals surface area contributed by atoms with Gasteiger partial charge in [-0.25, -0.2) is 4.79 Å². The monoisotopic (exact) mass is 439 g/mol. The maximum atomic E-state index is 13.4. The van der Waals surface area contributed by atoms with Crippen molar-refractivity contribution >= 4 is 28.3 Å².